The fourth-order valence-electron chi connectivity index (χ4n) is 4.57. The van der Waals surface area contributed by atoms with Gasteiger partial charge in [-0.3, -0.25) is 14.5 Å². The molecule has 1 fully saturated rings. The third-order valence-electron chi connectivity index (χ3n) is 6.28. The third-order valence-corrected chi connectivity index (χ3v) is 6.28. The third kappa shape index (κ3) is 4.40. The van der Waals surface area contributed by atoms with Gasteiger partial charge in [-0.25, -0.2) is 0 Å². The van der Waals surface area contributed by atoms with Crippen molar-refractivity contribution in [3.8, 4) is 17.2 Å². The Labute approximate surface area is 194 Å². The Bertz CT molecular complexity index is 1080. The van der Waals surface area contributed by atoms with Crippen LogP contribution in [0, 0.1) is 5.92 Å². The van der Waals surface area contributed by atoms with Crippen LogP contribution in [0.1, 0.15) is 30.9 Å². The van der Waals surface area contributed by atoms with Crippen LogP contribution >= 0.6 is 0 Å². The summed E-state index contributed by atoms with van der Waals surface area (Å²) in [6, 6.07) is 12.7. The van der Waals surface area contributed by atoms with Gasteiger partial charge in [0.05, 0.1) is 33.4 Å². The van der Waals surface area contributed by atoms with E-state index in [2.05, 4.69) is 11.8 Å². The van der Waals surface area contributed by atoms with Crippen molar-refractivity contribution in [2.75, 3.05) is 34.4 Å². The molecule has 2 aromatic carbocycles. The summed E-state index contributed by atoms with van der Waals surface area (Å²) in [4.78, 5) is 30.7. The highest BCUT2D eigenvalue weighted by Crippen LogP contribution is 2.36. The van der Waals surface area contributed by atoms with Gasteiger partial charge in [0.2, 0.25) is 0 Å². The summed E-state index contributed by atoms with van der Waals surface area (Å²) >= 11 is 0. The molecule has 7 nitrogen and oxygen atoms in total. The molecule has 2 amide bonds. The summed E-state index contributed by atoms with van der Waals surface area (Å²) in [7, 11) is 4.73. The number of hydrogen-bond donors (Lipinski definition) is 0. The van der Waals surface area contributed by atoms with Crippen molar-refractivity contribution >= 4 is 17.4 Å². The average Bonchev–Trinajstić information content (AvgIpc) is 3.08. The number of piperidine rings is 1. The van der Waals surface area contributed by atoms with Crippen molar-refractivity contribution in [3.05, 3.63) is 59.3 Å². The van der Waals surface area contributed by atoms with Gasteiger partial charge in [-0.2, -0.15) is 0 Å². The molecule has 2 aromatic rings. The van der Waals surface area contributed by atoms with Crippen molar-refractivity contribution in [2.24, 2.45) is 5.92 Å². The Morgan fingerprint density at radius 2 is 1.64 bits per heavy atom. The van der Waals surface area contributed by atoms with Crippen molar-refractivity contribution in [2.45, 2.75) is 26.3 Å². The van der Waals surface area contributed by atoms with Gasteiger partial charge in [-0.1, -0.05) is 25.1 Å². The number of ether oxygens (including phenoxy) is 3. The lowest BCUT2D eigenvalue weighted by Crippen LogP contribution is -2.39. The molecular formula is C26H30N2O5. The second-order valence-corrected chi connectivity index (χ2v) is 8.53. The smallest absolute Gasteiger partial charge is 0.278 e. The first-order valence-corrected chi connectivity index (χ1v) is 11.2. The quantitative estimate of drug-likeness (QED) is 0.599. The predicted molar refractivity (Wildman–Crippen MR) is 125 cm³/mol. The molecule has 1 saturated heterocycles. The molecule has 0 spiro atoms. The highest BCUT2D eigenvalue weighted by Gasteiger charge is 2.42. The van der Waals surface area contributed by atoms with Crippen LogP contribution in [0.2, 0.25) is 0 Å². The van der Waals surface area contributed by atoms with Crippen LogP contribution in [0.15, 0.2) is 48.2 Å². The van der Waals surface area contributed by atoms with E-state index >= 15 is 0 Å². The number of nitrogens with zero attached hydrogens (tertiary/aromatic N) is 2. The Kier molecular flexibility index (Phi) is 6.58. The first-order valence-electron chi connectivity index (χ1n) is 11.2. The van der Waals surface area contributed by atoms with E-state index in [4.69, 9.17) is 14.2 Å². The molecule has 2 aliphatic rings. The van der Waals surface area contributed by atoms with E-state index in [1.54, 1.807) is 33.5 Å². The maximum Gasteiger partial charge on any atom is 0.278 e. The number of benzene rings is 2. The number of amides is 2. The molecule has 0 N–H and O–H groups in total. The highest BCUT2D eigenvalue weighted by molar-refractivity contribution is 6.35. The molecule has 1 unspecified atom stereocenters. The largest absolute Gasteiger partial charge is 0.497 e. The summed E-state index contributed by atoms with van der Waals surface area (Å²) < 4.78 is 16.0. The lowest BCUT2D eigenvalue weighted by Gasteiger charge is -2.33. The Hall–Kier alpha value is -3.48. The molecule has 4 rings (SSSR count). The maximum absolute atomic E-state index is 13.6. The van der Waals surface area contributed by atoms with Crippen molar-refractivity contribution in [1.29, 1.82) is 0 Å². The van der Waals surface area contributed by atoms with Crippen LogP contribution in [0.4, 0.5) is 0 Å². The van der Waals surface area contributed by atoms with E-state index < -0.39 is 0 Å². The number of imide groups is 1. The van der Waals surface area contributed by atoms with Crippen LogP contribution in [-0.2, 0) is 16.1 Å². The van der Waals surface area contributed by atoms with E-state index in [0.29, 0.717) is 34.4 Å². The van der Waals surface area contributed by atoms with E-state index in [1.165, 1.54) is 4.90 Å². The van der Waals surface area contributed by atoms with Crippen molar-refractivity contribution in [3.63, 3.8) is 0 Å². The molecule has 1 atom stereocenters. The molecule has 7 heteroatoms. The number of likely N-dealkylation sites (tertiary alicyclic amines) is 1. The summed E-state index contributed by atoms with van der Waals surface area (Å²) in [5, 5.41) is 0. The molecule has 0 aromatic heterocycles. The summed E-state index contributed by atoms with van der Waals surface area (Å²) in [6.45, 7) is 3.87. The average molecular weight is 451 g/mol. The lowest BCUT2D eigenvalue weighted by atomic mass is 9.98. The van der Waals surface area contributed by atoms with Crippen LogP contribution in [0.5, 0.6) is 17.2 Å². The fraction of sp³-hybridized carbons (Fsp3) is 0.385. The van der Waals surface area contributed by atoms with Gasteiger partial charge < -0.3 is 19.1 Å². The molecule has 2 aliphatic heterocycles. The standard InChI is InChI=1S/C26H30N2O5/c1-17-6-5-13-27(15-17)24-23(19-8-10-20(31-2)11-9-19)25(29)28(26(24)30)16-18-7-12-21(32-3)22(14-18)33-4/h7-12,14,17H,5-6,13,15-16H2,1-4H3. The topological polar surface area (TPSA) is 68.3 Å². The second-order valence-electron chi connectivity index (χ2n) is 8.53. The fourth-order valence-corrected chi connectivity index (χ4v) is 4.57. The van der Waals surface area contributed by atoms with Gasteiger partial charge in [-0.15, -0.1) is 0 Å². The van der Waals surface area contributed by atoms with Gasteiger partial charge in [0.1, 0.15) is 11.4 Å². The number of carbonyl (C=O) groups is 2. The Morgan fingerprint density at radius 1 is 0.909 bits per heavy atom. The molecule has 0 saturated carbocycles. The molecule has 0 aliphatic carbocycles. The van der Waals surface area contributed by atoms with Gasteiger partial charge >= 0.3 is 0 Å². The zero-order valence-corrected chi connectivity index (χ0v) is 19.6. The van der Waals surface area contributed by atoms with Crippen LogP contribution in [0.3, 0.4) is 0 Å². The number of carbonyl (C=O) groups excluding carboxylic acids is 2. The van der Waals surface area contributed by atoms with Crippen LogP contribution < -0.4 is 14.2 Å². The minimum absolute atomic E-state index is 0.157. The molecule has 33 heavy (non-hydrogen) atoms. The zero-order chi connectivity index (χ0) is 23.5. The van der Waals surface area contributed by atoms with E-state index in [0.717, 1.165) is 37.1 Å². The first-order chi connectivity index (χ1) is 16.0. The second kappa shape index (κ2) is 9.57. The van der Waals surface area contributed by atoms with Gasteiger partial charge in [-0.05, 0) is 54.2 Å². The lowest BCUT2D eigenvalue weighted by molar-refractivity contribution is -0.138. The van der Waals surface area contributed by atoms with E-state index in [9.17, 15) is 9.59 Å². The Morgan fingerprint density at radius 3 is 2.27 bits per heavy atom. The molecule has 174 valence electrons. The van der Waals surface area contributed by atoms with Crippen LogP contribution in [0.25, 0.3) is 5.57 Å². The van der Waals surface area contributed by atoms with Gasteiger partial charge in [0.25, 0.3) is 11.8 Å². The predicted octanol–water partition coefficient (Wildman–Crippen LogP) is 3.72. The van der Waals surface area contributed by atoms with E-state index in [-0.39, 0.29) is 18.4 Å². The number of hydrogen-bond acceptors (Lipinski definition) is 6. The summed E-state index contributed by atoms with van der Waals surface area (Å²) in [6.07, 6.45) is 2.12. The summed E-state index contributed by atoms with van der Waals surface area (Å²) in [5.41, 5.74) is 2.46. The molecule has 2 heterocycles. The normalized spacial score (nSPS) is 18.7. The minimum atomic E-state index is -0.284. The zero-order valence-electron chi connectivity index (χ0n) is 19.6. The first kappa shape index (κ1) is 22.7. The molecule has 0 bridgehead atoms. The SMILES string of the molecule is COc1ccc(C2=C(N3CCCC(C)C3)C(=O)N(Cc3ccc(OC)c(OC)c3)C2=O)cc1. The van der Waals surface area contributed by atoms with Crippen LogP contribution in [-0.4, -0.2) is 56.0 Å². The summed E-state index contributed by atoms with van der Waals surface area (Å²) in [5.74, 6) is 1.78. The van der Waals surface area contributed by atoms with Gasteiger partial charge in [0.15, 0.2) is 11.5 Å². The number of rotatable bonds is 7. The Balaban J connectivity index is 1.71. The van der Waals surface area contributed by atoms with Crippen molar-refractivity contribution in [1.82, 2.24) is 9.80 Å². The number of methoxy groups -OCH3 is 3. The highest BCUT2D eigenvalue weighted by atomic mass is 16.5. The maximum atomic E-state index is 13.6. The van der Waals surface area contributed by atoms with Gasteiger partial charge in [0, 0.05) is 13.1 Å². The van der Waals surface area contributed by atoms with Crippen molar-refractivity contribution < 1.29 is 23.8 Å². The monoisotopic (exact) mass is 450 g/mol. The minimum Gasteiger partial charge on any atom is -0.497 e. The molecular weight excluding hydrogens is 420 g/mol. The van der Waals surface area contributed by atoms with E-state index in [1.807, 2.05) is 30.3 Å². The molecule has 0 radical (unpaired) electrons.